The largest absolute Gasteiger partial charge is 0.372 e. The molecule has 0 atom stereocenters. The van der Waals surface area contributed by atoms with E-state index in [0.717, 1.165) is 11.3 Å². The molecule has 3 aromatic rings. The summed E-state index contributed by atoms with van der Waals surface area (Å²) in [7, 11) is 1.61. The smallest absolute Gasteiger partial charge is 0.155 e. The molecule has 0 aliphatic carbocycles. The third kappa shape index (κ3) is 2.75. The predicted molar refractivity (Wildman–Crippen MR) is 82.2 cm³/mol. The summed E-state index contributed by atoms with van der Waals surface area (Å²) >= 11 is 5.97. The Hall–Kier alpha value is -2.35. The van der Waals surface area contributed by atoms with E-state index in [1.165, 1.54) is 0 Å². The Kier molecular flexibility index (Phi) is 3.87. The monoisotopic (exact) mass is 297 g/mol. The Morgan fingerprint density at radius 2 is 2.00 bits per heavy atom. The summed E-state index contributed by atoms with van der Waals surface area (Å²) in [4.78, 5) is 4.60. The van der Waals surface area contributed by atoms with Crippen molar-refractivity contribution < 1.29 is 4.74 Å². The molecule has 104 valence electrons. The molecule has 2 aromatic heterocycles. The van der Waals surface area contributed by atoms with Gasteiger partial charge in [0.2, 0.25) is 0 Å². The van der Waals surface area contributed by atoms with Crippen LogP contribution in [-0.2, 0) is 4.74 Å². The molecule has 2 heterocycles. The van der Waals surface area contributed by atoms with E-state index >= 15 is 0 Å². The Bertz CT molecular complexity index is 831. The van der Waals surface area contributed by atoms with Crippen LogP contribution in [0.25, 0.3) is 16.9 Å². The molecule has 1 aromatic carbocycles. The lowest BCUT2D eigenvalue weighted by molar-refractivity contribution is 0.240. The molecular formula is C16H12ClN3O. The first-order valence-electron chi connectivity index (χ1n) is 6.38. The Morgan fingerprint density at radius 3 is 2.76 bits per heavy atom. The highest BCUT2D eigenvalue weighted by molar-refractivity contribution is 6.29. The molecule has 4 nitrogen and oxygen atoms in total. The van der Waals surface area contributed by atoms with Crippen molar-refractivity contribution in [3.63, 3.8) is 0 Å². The number of ether oxygens (including phenoxy) is 1. The molecule has 0 bridgehead atoms. The van der Waals surface area contributed by atoms with Crippen molar-refractivity contribution in [3.8, 4) is 23.1 Å². The number of benzene rings is 1. The van der Waals surface area contributed by atoms with Crippen LogP contribution < -0.4 is 0 Å². The zero-order valence-electron chi connectivity index (χ0n) is 11.4. The van der Waals surface area contributed by atoms with Crippen LogP contribution in [0.15, 0.2) is 42.5 Å². The van der Waals surface area contributed by atoms with Gasteiger partial charge >= 0.3 is 0 Å². The van der Waals surface area contributed by atoms with Crippen molar-refractivity contribution in [2.45, 2.75) is 0 Å². The van der Waals surface area contributed by atoms with Crippen LogP contribution in [0.5, 0.6) is 0 Å². The normalized spacial score (nSPS) is 10.4. The number of nitrogens with zero attached hydrogens (tertiary/aromatic N) is 3. The zero-order chi connectivity index (χ0) is 14.7. The fourth-order valence-electron chi connectivity index (χ4n) is 2.01. The predicted octanol–water partition coefficient (Wildman–Crippen LogP) is 3.05. The van der Waals surface area contributed by atoms with Crippen LogP contribution in [0.4, 0.5) is 0 Å². The maximum atomic E-state index is 5.97. The molecule has 0 saturated carbocycles. The topological polar surface area (TPSA) is 39.4 Å². The maximum Gasteiger partial charge on any atom is 0.155 e. The summed E-state index contributed by atoms with van der Waals surface area (Å²) in [5.74, 6) is 6.01. The van der Waals surface area contributed by atoms with Crippen LogP contribution >= 0.6 is 11.6 Å². The second kappa shape index (κ2) is 5.96. The van der Waals surface area contributed by atoms with Crippen molar-refractivity contribution in [1.82, 2.24) is 14.6 Å². The van der Waals surface area contributed by atoms with E-state index in [4.69, 9.17) is 16.3 Å². The van der Waals surface area contributed by atoms with Crippen LogP contribution in [0, 0.1) is 11.8 Å². The van der Waals surface area contributed by atoms with E-state index < -0.39 is 0 Å². The summed E-state index contributed by atoms with van der Waals surface area (Å²) in [6.45, 7) is 0.349. The van der Waals surface area contributed by atoms with Gasteiger partial charge in [0.05, 0.1) is 0 Å². The van der Waals surface area contributed by atoms with Crippen molar-refractivity contribution in [3.05, 3.63) is 53.3 Å². The standard InChI is InChI=1S/C16H12ClN3O/c1-21-11-5-8-13-16(12-6-3-2-4-7-12)18-15-10-9-14(17)19-20(13)15/h2-4,6-7,9-10H,11H2,1H3. The summed E-state index contributed by atoms with van der Waals surface area (Å²) < 4.78 is 6.63. The number of hydrogen-bond acceptors (Lipinski definition) is 3. The van der Waals surface area contributed by atoms with Gasteiger partial charge in [-0.3, -0.25) is 0 Å². The van der Waals surface area contributed by atoms with Crippen LogP contribution in [0.1, 0.15) is 5.69 Å². The SMILES string of the molecule is COCC#Cc1c(-c2ccccc2)nc2ccc(Cl)nn12. The van der Waals surface area contributed by atoms with Crippen molar-refractivity contribution in [2.24, 2.45) is 0 Å². The number of imidazole rings is 1. The number of halogens is 1. The molecule has 0 saturated heterocycles. The lowest BCUT2D eigenvalue weighted by Gasteiger charge is -1.98. The molecule has 21 heavy (non-hydrogen) atoms. The molecular weight excluding hydrogens is 286 g/mol. The first-order chi connectivity index (χ1) is 10.3. The number of aromatic nitrogens is 3. The van der Waals surface area contributed by atoms with Gasteiger partial charge in [-0.15, -0.1) is 0 Å². The minimum atomic E-state index is 0.349. The molecule has 0 aliphatic heterocycles. The van der Waals surface area contributed by atoms with E-state index in [0.29, 0.717) is 23.1 Å². The summed E-state index contributed by atoms with van der Waals surface area (Å²) in [6, 6.07) is 13.4. The average molecular weight is 298 g/mol. The van der Waals surface area contributed by atoms with Crippen LogP contribution in [-0.4, -0.2) is 28.3 Å². The second-order valence-electron chi connectivity index (χ2n) is 4.34. The average Bonchev–Trinajstić information content (AvgIpc) is 2.87. The van der Waals surface area contributed by atoms with Gasteiger partial charge in [0.1, 0.15) is 23.1 Å². The van der Waals surface area contributed by atoms with Crippen LogP contribution in [0.3, 0.4) is 0 Å². The van der Waals surface area contributed by atoms with Gasteiger partial charge in [0, 0.05) is 12.7 Å². The summed E-state index contributed by atoms with van der Waals surface area (Å²) in [6.07, 6.45) is 0. The minimum absolute atomic E-state index is 0.349. The lowest BCUT2D eigenvalue weighted by Crippen LogP contribution is -1.95. The van der Waals surface area contributed by atoms with Crippen molar-refractivity contribution >= 4 is 17.2 Å². The molecule has 0 unspecified atom stereocenters. The molecule has 3 rings (SSSR count). The van der Waals surface area contributed by atoms with Gasteiger partial charge in [0.15, 0.2) is 5.65 Å². The minimum Gasteiger partial charge on any atom is -0.372 e. The van der Waals surface area contributed by atoms with Crippen molar-refractivity contribution in [1.29, 1.82) is 0 Å². The molecule has 0 radical (unpaired) electrons. The molecule has 0 N–H and O–H groups in total. The van der Waals surface area contributed by atoms with Gasteiger partial charge < -0.3 is 4.74 Å². The van der Waals surface area contributed by atoms with Gasteiger partial charge in [-0.1, -0.05) is 47.9 Å². The van der Waals surface area contributed by atoms with E-state index in [1.54, 1.807) is 17.7 Å². The zero-order valence-corrected chi connectivity index (χ0v) is 12.1. The molecule has 0 aliphatic rings. The first kappa shape index (κ1) is 13.6. The van der Waals surface area contributed by atoms with Crippen molar-refractivity contribution in [2.75, 3.05) is 13.7 Å². The van der Waals surface area contributed by atoms with E-state index in [9.17, 15) is 0 Å². The first-order valence-corrected chi connectivity index (χ1v) is 6.76. The van der Waals surface area contributed by atoms with Gasteiger partial charge in [-0.2, -0.15) is 5.10 Å². The lowest BCUT2D eigenvalue weighted by atomic mass is 10.1. The number of fused-ring (bicyclic) bond motifs is 1. The fourth-order valence-corrected chi connectivity index (χ4v) is 2.15. The molecule has 0 amide bonds. The molecule has 0 spiro atoms. The number of rotatable bonds is 2. The highest BCUT2D eigenvalue weighted by Crippen LogP contribution is 2.23. The fraction of sp³-hybridized carbons (Fsp3) is 0.125. The van der Waals surface area contributed by atoms with Gasteiger partial charge in [0.25, 0.3) is 0 Å². The maximum absolute atomic E-state index is 5.97. The summed E-state index contributed by atoms with van der Waals surface area (Å²) in [5.41, 5.74) is 3.19. The number of hydrogen-bond donors (Lipinski definition) is 0. The second-order valence-corrected chi connectivity index (χ2v) is 4.72. The Morgan fingerprint density at radius 1 is 1.19 bits per heavy atom. The quantitative estimate of drug-likeness (QED) is 0.683. The van der Waals surface area contributed by atoms with Gasteiger partial charge in [-0.05, 0) is 18.1 Å². The molecule has 0 fully saturated rings. The molecule has 5 heteroatoms. The van der Waals surface area contributed by atoms with Crippen LogP contribution in [0.2, 0.25) is 5.15 Å². The third-order valence-electron chi connectivity index (χ3n) is 2.92. The Balaban J connectivity index is 2.24. The van der Waals surface area contributed by atoms with E-state index in [1.807, 2.05) is 36.4 Å². The summed E-state index contributed by atoms with van der Waals surface area (Å²) in [5, 5.41) is 4.67. The number of methoxy groups -OCH3 is 1. The highest BCUT2D eigenvalue weighted by Gasteiger charge is 2.13. The van der Waals surface area contributed by atoms with E-state index in [-0.39, 0.29) is 0 Å². The van der Waals surface area contributed by atoms with Gasteiger partial charge in [-0.25, -0.2) is 9.50 Å². The Labute approximate surface area is 127 Å². The highest BCUT2D eigenvalue weighted by atomic mass is 35.5. The van der Waals surface area contributed by atoms with E-state index in [2.05, 4.69) is 21.9 Å². The third-order valence-corrected chi connectivity index (χ3v) is 3.12.